The van der Waals surface area contributed by atoms with E-state index in [1.54, 1.807) is 0 Å². The Balaban J connectivity index is 1.44. The van der Waals surface area contributed by atoms with Crippen molar-refractivity contribution in [2.24, 2.45) is 4.99 Å². The maximum Gasteiger partial charge on any atom is 0.204 e. The van der Waals surface area contributed by atoms with Gasteiger partial charge in [0.05, 0.1) is 34.9 Å². The van der Waals surface area contributed by atoms with Crippen LogP contribution in [-0.4, -0.2) is 29.2 Å². The second-order valence-electron chi connectivity index (χ2n) is 7.98. The van der Waals surface area contributed by atoms with Crippen molar-refractivity contribution in [1.82, 2.24) is 5.59 Å². The van der Waals surface area contributed by atoms with E-state index in [1.807, 2.05) is 53.5 Å². The lowest BCUT2D eigenvalue weighted by Gasteiger charge is -2.28. The number of aliphatic hydroxyl groups excluding tert-OH is 1. The molecule has 6 rings (SSSR count). The standard InChI is InChI=1S/C24H22N4O2/c1-15-11-13-17(14-12-15)28-23(24(29)30-26-28)20-22-21(16-7-3-2-4-8-16)27(22)19-10-6-5-9-18(19)25-20/h2-14,21-24,26,29H,1H3. The number of hydrogen-bond acceptors (Lipinski definition) is 6. The van der Waals surface area contributed by atoms with Gasteiger partial charge in [0.25, 0.3) is 0 Å². The first-order valence-corrected chi connectivity index (χ1v) is 10.2. The van der Waals surface area contributed by atoms with Crippen LogP contribution in [0.5, 0.6) is 0 Å². The molecule has 0 radical (unpaired) electrons. The molecule has 0 bridgehead atoms. The van der Waals surface area contributed by atoms with Crippen LogP contribution in [0.1, 0.15) is 17.2 Å². The topological polar surface area (TPSA) is 60.1 Å². The summed E-state index contributed by atoms with van der Waals surface area (Å²) in [6.45, 7) is 2.05. The highest BCUT2D eigenvalue weighted by Gasteiger charge is 2.58. The van der Waals surface area contributed by atoms with E-state index in [0.29, 0.717) is 0 Å². The summed E-state index contributed by atoms with van der Waals surface area (Å²) < 4.78 is 0. The summed E-state index contributed by atoms with van der Waals surface area (Å²) in [5.41, 5.74) is 9.19. The zero-order chi connectivity index (χ0) is 20.2. The number of nitrogens with one attached hydrogen (secondary N) is 1. The molecule has 3 aromatic rings. The minimum atomic E-state index is -1.02. The number of hydrogen-bond donors (Lipinski definition) is 2. The Morgan fingerprint density at radius 1 is 0.867 bits per heavy atom. The number of aliphatic hydroxyl groups is 1. The van der Waals surface area contributed by atoms with E-state index < -0.39 is 12.3 Å². The molecule has 0 amide bonds. The molecule has 6 heteroatoms. The van der Waals surface area contributed by atoms with Crippen LogP contribution in [0.25, 0.3) is 0 Å². The Morgan fingerprint density at radius 2 is 1.60 bits per heavy atom. The van der Waals surface area contributed by atoms with Gasteiger partial charge >= 0.3 is 0 Å². The second-order valence-corrected chi connectivity index (χ2v) is 7.98. The van der Waals surface area contributed by atoms with Crippen molar-refractivity contribution < 1.29 is 9.94 Å². The van der Waals surface area contributed by atoms with Crippen LogP contribution in [-0.2, 0) is 4.84 Å². The van der Waals surface area contributed by atoms with E-state index in [2.05, 4.69) is 47.7 Å². The monoisotopic (exact) mass is 398 g/mol. The van der Waals surface area contributed by atoms with E-state index in [0.717, 1.165) is 22.8 Å². The van der Waals surface area contributed by atoms with Crippen molar-refractivity contribution in [3.8, 4) is 0 Å². The maximum absolute atomic E-state index is 10.7. The van der Waals surface area contributed by atoms with Gasteiger partial charge in [-0.3, -0.25) is 10.0 Å². The van der Waals surface area contributed by atoms with E-state index in [9.17, 15) is 5.11 Å². The third-order valence-corrected chi connectivity index (χ3v) is 6.10. The van der Waals surface area contributed by atoms with E-state index in [1.165, 1.54) is 11.1 Å². The third kappa shape index (κ3) is 2.65. The molecular formula is C24H22N4O2. The first kappa shape index (κ1) is 17.7. The molecule has 4 unspecified atom stereocenters. The SMILES string of the molecule is Cc1ccc(N2NOC(O)C2C2=Nc3ccccc3N3C2C3c2ccccc2)cc1. The molecule has 3 aliphatic rings. The summed E-state index contributed by atoms with van der Waals surface area (Å²) in [6, 6.07) is 26.6. The van der Waals surface area contributed by atoms with Crippen molar-refractivity contribution in [1.29, 1.82) is 0 Å². The van der Waals surface area contributed by atoms with Crippen molar-refractivity contribution in [3.05, 3.63) is 90.0 Å². The van der Waals surface area contributed by atoms with Gasteiger partial charge in [-0.2, -0.15) is 0 Å². The average Bonchev–Trinajstić information content (AvgIpc) is 3.43. The summed E-state index contributed by atoms with van der Waals surface area (Å²) in [6.07, 6.45) is -1.02. The molecule has 0 aromatic heterocycles. The van der Waals surface area contributed by atoms with Crippen LogP contribution in [0.2, 0.25) is 0 Å². The number of anilines is 2. The lowest BCUT2D eigenvalue weighted by Crippen LogP contribution is -2.48. The predicted molar refractivity (Wildman–Crippen MR) is 117 cm³/mol. The van der Waals surface area contributed by atoms with E-state index in [-0.39, 0.29) is 12.1 Å². The quantitative estimate of drug-likeness (QED) is 0.660. The van der Waals surface area contributed by atoms with Gasteiger partial charge < -0.3 is 10.0 Å². The molecule has 2 saturated heterocycles. The second kappa shape index (κ2) is 6.67. The fourth-order valence-electron chi connectivity index (χ4n) is 4.61. The number of para-hydroxylation sites is 2. The Morgan fingerprint density at radius 3 is 2.40 bits per heavy atom. The number of aliphatic imine (C=N–C) groups is 1. The first-order valence-electron chi connectivity index (χ1n) is 10.2. The summed E-state index contributed by atoms with van der Waals surface area (Å²) in [4.78, 5) is 12.8. The number of nitrogens with zero attached hydrogens (tertiary/aromatic N) is 3. The summed E-state index contributed by atoms with van der Waals surface area (Å²) in [7, 11) is 0. The van der Waals surface area contributed by atoms with Gasteiger partial charge in [-0.05, 0) is 36.8 Å². The third-order valence-electron chi connectivity index (χ3n) is 6.10. The van der Waals surface area contributed by atoms with Gasteiger partial charge in [0.15, 0.2) is 0 Å². The van der Waals surface area contributed by atoms with Gasteiger partial charge in [-0.15, -0.1) is 5.59 Å². The molecule has 4 atom stereocenters. The van der Waals surface area contributed by atoms with Crippen LogP contribution in [0.3, 0.4) is 0 Å². The molecule has 3 heterocycles. The van der Waals surface area contributed by atoms with Crippen LogP contribution < -0.4 is 15.5 Å². The summed E-state index contributed by atoms with van der Waals surface area (Å²) >= 11 is 0. The summed E-state index contributed by atoms with van der Waals surface area (Å²) in [5.74, 6) is 0. The average molecular weight is 398 g/mol. The molecule has 150 valence electrons. The van der Waals surface area contributed by atoms with Crippen molar-refractivity contribution >= 4 is 22.8 Å². The molecule has 6 nitrogen and oxygen atoms in total. The zero-order valence-electron chi connectivity index (χ0n) is 16.5. The smallest absolute Gasteiger partial charge is 0.204 e. The fourth-order valence-corrected chi connectivity index (χ4v) is 4.61. The lowest BCUT2D eigenvalue weighted by molar-refractivity contribution is -0.100. The Kier molecular flexibility index (Phi) is 3.92. The number of aryl methyl sites for hydroxylation is 1. The minimum absolute atomic E-state index is 0.0819. The van der Waals surface area contributed by atoms with Crippen molar-refractivity contribution in [2.45, 2.75) is 31.3 Å². The van der Waals surface area contributed by atoms with Gasteiger partial charge in [0.2, 0.25) is 6.29 Å². The van der Waals surface area contributed by atoms with Crippen LogP contribution in [0.15, 0.2) is 83.9 Å². The van der Waals surface area contributed by atoms with E-state index in [4.69, 9.17) is 9.83 Å². The normalized spacial score (nSPS) is 26.8. The Labute approximate surface area is 175 Å². The largest absolute Gasteiger partial charge is 0.365 e. The summed E-state index contributed by atoms with van der Waals surface area (Å²) in [5, 5.41) is 12.6. The molecular weight excluding hydrogens is 376 g/mol. The minimum Gasteiger partial charge on any atom is -0.365 e. The molecule has 2 N–H and O–H groups in total. The van der Waals surface area contributed by atoms with Crippen LogP contribution in [0.4, 0.5) is 17.1 Å². The highest BCUT2D eigenvalue weighted by atomic mass is 16.8. The molecule has 0 spiro atoms. The van der Waals surface area contributed by atoms with Gasteiger partial charge in [0.1, 0.15) is 6.04 Å². The molecule has 30 heavy (non-hydrogen) atoms. The molecule has 3 aromatic carbocycles. The lowest BCUT2D eigenvalue weighted by atomic mass is 10.0. The molecule has 2 fully saturated rings. The highest BCUT2D eigenvalue weighted by molar-refractivity contribution is 6.09. The van der Waals surface area contributed by atoms with E-state index >= 15 is 0 Å². The Hall–Kier alpha value is -3.19. The molecule has 3 aliphatic heterocycles. The van der Waals surface area contributed by atoms with Gasteiger partial charge in [-0.25, -0.2) is 4.84 Å². The highest BCUT2D eigenvalue weighted by Crippen LogP contribution is 2.54. The first-order chi connectivity index (χ1) is 14.7. The Bertz CT molecular complexity index is 1110. The molecule has 0 saturated carbocycles. The number of benzene rings is 3. The van der Waals surface area contributed by atoms with Crippen molar-refractivity contribution in [3.63, 3.8) is 0 Å². The molecule has 0 aliphatic carbocycles. The number of rotatable bonds is 3. The number of fused-ring (bicyclic) bond motifs is 3. The van der Waals surface area contributed by atoms with Crippen LogP contribution in [0, 0.1) is 6.92 Å². The van der Waals surface area contributed by atoms with Gasteiger partial charge in [0, 0.05) is 0 Å². The maximum atomic E-state index is 10.7. The van der Waals surface area contributed by atoms with Crippen LogP contribution >= 0.6 is 0 Å². The van der Waals surface area contributed by atoms with Gasteiger partial charge in [-0.1, -0.05) is 60.2 Å². The predicted octanol–water partition coefficient (Wildman–Crippen LogP) is 3.65. The zero-order valence-corrected chi connectivity index (χ0v) is 16.5. The van der Waals surface area contributed by atoms with Crippen molar-refractivity contribution in [2.75, 3.05) is 9.91 Å². The number of hydrazine groups is 1. The fraction of sp³-hybridized carbons (Fsp3) is 0.208.